The van der Waals surface area contributed by atoms with Crippen LogP contribution in [0.2, 0.25) is 0 Å². The van der Waals surface area contributed by atoms with Crippen molar-refractivity contribution >= 4 is 23.4 Å². The molecule has 5 nitrogen and oxygen atoms in total. The van der Waals surface area contributed by atoms with Crippen molar-refractivity contribution in [1.29, 1.82) is 0 Å². The van der Waals surface area contributed by atoms with Crippen molar-refractivity contribution < 1.29 is 9.18 Å². The zero-order valence-corrected chi connectivity index (χ0v) is 16.3. The summed E-state index contributed by atoms with van der Waals surface area (Å²) in [4.78, 5) is 12.3. The number of carbonyl (C=O) groups is 1. The van der Waals surface area contributed by atoms with Crippen LogP contribution in [0.1, 0.15) is 18.1 Å². The van der Waals surface area contributed by atoms with Crippen LogP contribution in [-0.4, -0.2) is 26.4 Å². The molecule has 0 bridgehead atoms. The molecular weight excluding hydrogens is 363 g/mol. The summed E-state index contributed by atoms with van der Waals surface area (Å²) in [6.45, 7) is 6.53. The Morgan fingerprint density at radius 3 is 2.63 bits per heavy atom. The average molecular weight is 384 g/mol. The van der Waals surface area contributed by atoms with E-state index in [4.69, 9.17) is 0 Å². The van der Waals surface area contributed by atoms with Crippen LogP contribution < -0.4 is 5.32 Å². The molecule has 27 heavy (non-hydrogen) atoms. The second-order valence-electron chi connectivity index (χ2n) is 6.16. The Bertz CT molecular complexity index is 970. The Morgan fingerprint density at radius 1 is 1.15 bits per heavy atom. The van der Waals surface area contributed by atoms with E-state index in [1.54, 1.807) is 13.0 Å². The Kier molecular flexibility index (Phi) is 5.91. The summed E-state index contributed by atoms with van der Waals surface area (Å²) in [6, 6.07) is 12.3. The first-order chi connectivity index (χ1) is 13.0. The maximum Gasteiger partial charge on any atom is 0.234 e. The molecule has 0 fully saturated rings. The highest BCUT2D eigenvalue weighted by Gasteiger charge is 2.16. The van der Waals surface area contributed by atoms with Gasteiger partial charge in [0.1, 0.15) is 5.82 Å². The van der Waals surface area contributed by atoms with Crippen LogP contribution in [0, 0.1) is 19.7 Å². The molecule has 140 valence electrons. The van der Waals surface area contributed by atoms with Gasteiger partial charge in [0.2, 0.25) is 5.91 Å². The van der Waals surface area contributed by atoms with Crippen LogP contribution in [0.25, 0.3) is 11.4 Å². The van der Waals surface area contributed by atoms with Crippen LogP contribution >= 0.6 is 11.8 Å². The zero-order chi connectivity index (χ0) is 19.4. The van der Waals surface area contributed by atoms with Gasteiger partial charge in [-0.05, 0) is 50.1 Å². The van der Waals surface area contributed by atoms with Gasteiger partial charge < -0.3 is 9.88 Å². The summed E-state index contributed by atoms with van der Waals surface area (Å²) in [7, 11) is 0. The zero-order valence-electron chi connectivity index (χ0n) is 15.5. The lowest BCUT2D eigenvalue weighted by Crippen LogP contribution is -2.15. The van der Waals surface area contributed by atoms with Crippen LogP contribution in [0.5, 0.6) is 0 Å². The number of halogens is 1. The maximum atomic E-state index is 13.2. The third-order valence-electron chi connectivity index (χ3n) is 4.21. The molecule has 0 radical (unpaired) electrons. The lowest BCUT2D eigenvalue weighted by Gasteiger charge is -2.10. The van der Waals surface area contributed by atoms with Crippen LogP contribution in [-0.2, 0) is 11.3 Å². The van der Waals surface area contributed by atoms with Crippen molar-refractivity contribution in [1.82, 2.24) is 14.8 Å². The molecule has 7 heteroatoms. The van der Waals surface area contributed by atoms with Gasteiger partial charge in [-0.15, -0.1) is 10.2 Å². The van der Waals surface area contributed by atoms with Crippen molar-refractivity contribution in [2.24, 2.45) is 0 Å². The van der Waals surface area contributed by atoms with E-state index in [1.807, 2.05) is 42.7 Å². The highest BCUT2D eigenvalue weighted by Crippen LogP contribution is 2.26. The molecule has 1 amide bonds. The standard InChI is InChI=1S/C20H21FN4OS/c1-4-25-19(16-8-6-5-7-13(16)2)23-24-20(25)27-12-18(26)22-17-10-9-15(21)11-14(17)3/h5-11H,4,12H2,1-3H3,(H,22,26). The number of thioether (sulfide) groups is 1. The summed E-state index contributed by atoms with van der Waals surface area (Å²) in [5.41, 5.74) is 3.46. The summed E-state index contributed by atoms with van der Waals surface area (Å²) >= 11 is 1.33. The Labute approximate surface area is 162 Å². The van der Waals surface area contributed by atoms with Crippen molar-refractivity contribution in [3.05, 3.63) is 59.4 Å². The summed E-state index contributed by atoms with van der Waals surface area (Å²) in [5.74, 6) is 0.508. The Morgan fingerprint density at radius 2 is 1.93 bits per heavy atom. The molecule has 0 atom stereocenters. The largest absolute Gasteiger partial charge is 0.325 e. The molecule has 2 aromatic carbocycles. The number of hydrogen-bond donors (Lipinski definition) is 1. The van der Waals surface area contributed by atoms with Gasteiger partial charge in [-0.2, -0.15) is 0 Å². The van der Waals surface area contributed by atoms with Crippen molar-refractivity contribution in [3.63, 3.8) is 0 Å². The highest BCUT2D eigenvalue weighted by atomic mass is 32.2. The van der Waals surface area contributed by atoms with E-state index < -0.39 is 0 Å². The van der Waals surface area contributed by atoms with E-state index in [-0.39, 0.29) is 17.5 Å². The van der Waals surface area contributed by atoms with Gasteiger partial charge in [-0.25, -0.2) is 4.39 Å². The molecule has 1 N–H and O–H groups in total. The molecule has 1 heterocycles. The summed E-state index contributed by atoms with van der Waals surface area (Å²) in [6.07, 6.45) is 0. The predicted octanol–water partition coefficient (Wildman–Crippen LogP) is 4.45. The third-order valence-corrected chi connectivity index (χ3v) is 5.18. The van der Waals surface area contributed by atoms with Gasteiger partial charge in [0.15, 0.2) is 11.0 Å². The fraction of sp³-hybridized carbons (Fsp3) is 0.250. The minimum absolute atomic E-state index is 0.169. The van der Waals surface area contributed by atoms with E-state index in [2.05, 4.69) is 15.5 Å². The lowest BCUT2D eigenvalue weighted by molar-refractivity contribution is -0.113. The fourth-order valence-corrected chi connectivity index (χ4v) is 3.59. The highest BCUT2D eigenvalue weighted by molar-refractivity contribution is 7.99. The molecule has 0 aliphatic rings. The van der Waals surface area contributed by atoms with Gasteiger partial charge in [0.05, 0.1) is 5.75 Å². The number of rotatable bonds is 6. The first-order valence-electron chi connectivity index (χ1n) is 8.67. The smallest absolute Gasteiger partial charge is 0.234 e. The molecule has 0 spiro atoms. The number of carbonyl (C=O) groups excluding carboxylic acids is 1. The van der Waals surface area contributed by atoms with Crippen LogP contribution in [0.3, 0.4) is 0 Å². The van der Waals surface area contributed by atoms with Gasteiger partial charge >= 0.3 is 0 Å². The van der Waals surface area contributed by atoms with Gasteiger partial charge in [-0.3, -0.25) is 4.79 Å². The summed E-state index contributed by atoms with van der Waals surface area (Å²) in [5, 5.41) is 12.1. The number of aryl methyl sites for hydroxylation is 2. The molecule has 0 aliphatic carbocycles. The molecule has 0 unspecified atom stereocenters. The summed E-state index contributed by atoms with van der Waals surface area (Å²) < 4.78 is 15.2. The van der Waals surface area contributed by atoms with E-state index in [0.717, 1.165) is 17.0 Å². The van der Waals surface area contributed by atoms with Crippen molar-refractivity contribution in [2.75, 3.05) is 11.1 Å². The van der Waals surface area contributed by atoms with Gasteiger partial charge in [-0.1, -0.05) is 36.0 Å². The first kappa shape index (κ1) is 19.1. The maximum absolute atomic E-state index is 13.2. The van der Waals surface area contributed by atoms with Gasteiger partial charge in [0, 0.05) is 17.8 Å². The van der Waals surface area contributed by atoms with E-state index in [9.17, 15) is 9.18 Å². The quantitative estimate of drug-likeness (QED) is 0.638. The Balaban J connectivity index is 1.71. The molecule has 0 aliphatic heterocycles. The third kappa shape index (κ3) is 4.36. The molecule has 1 aromatic heterocycles. The number of hydrogen-bond acceptors (Lipinski definition) is 4. The SMILES string of the molecule is CCn1c(SCC(=O)Nc2ccc(F)cc2C)nnc1-c1ccccc1C. The first-order valence-corrected chi connectivity index (χ1v) is 9.66. The van der Waals surface area contributed by atoms with Crippen molar-refractivity contribution in [3.8, 4) is 11.4 Å². The molecule has 0 saturated heterocycles. The minimum atomic E-state index is -0.320. The van der Waals surface area contributed by atoms with Crippen LogP contribution in [0.4, 0.5) is 10.1 Å². The molecular formula is C20H21FN4OS. The van der Waals surface area contributed by atoms with Gasteiger partial charge in [0.25, 0.3) is 0 Å². The van der Waals surface area contributed by atoms with Crippen LogP contribution in [0.15, 0.2) is 47.6 Å². The number of benzene rings is 2. The second-order valence-corrected chi connectivity index (χ2v) is 7.10. The van der Waals surface area contributed by atoms with E-state index in [1.165, 1.54) is 23.9 Å². The lowest BCUT2D eigenvalue weighted by atomic mass is 10.1. The number of aromatic nitrogens is 3. The number of anilines is 1. The second kappa shape index (κ2) is 8.35. The minimum Gasteiger partial charge on any atom is -0.325 e. The van der Waals surface area contributed by atoms with Crippen molar-refractivity contribution in [2.45, 2.75) is 32.5 Å². The predicted molar refractivity (Wildman–Crippen MR) is 106 cm³/mol. The number of amides is 1. The molecule has 0 saturated carbocycles. The van der Waals surface area contributed by atoms with E-state index >= 15 is 0 Å². The number of nitrogens with zero attached hydrogens (tertiary/aromatic N) is 3. The average Bonchev–Trinajstić information content (AvgIpc) is 3.05. The normalized spacial score (nSPS) is 10.8. The fourth-order valence-electron chi connectivity index (χ4n) is 2.79. The monoisotopic (exact) mass is 384 g/mol. The molecule has 3 rings (SSSR count). The van der Waals surface area contributed by atoms with E-state index in [0.29, 0.717) is 23.0 Å². The Hall–Kier alpha value is -2.67. The number of nitrogens with one attached hydrogen (secondary N) is 1. The topological polar surface area (TPSA) is 59.8 Å². The molecule has 3 aromatic rings.